The topological polar surface area (TPSA) is 57.6 Å². The monoisotopic (exact) mass is 478 g/mol. The van der Waals surface area contributed by atoms with Gasteiger partial charge in [0, 0.05) is 44.0 Å². The number of rotatable bonds is 6. The molecule has 1 atom stereocenters. The maximum absolute atomic E-state index is 13.5. The molecule has 1 aromatic heterocycles. The molecule has 4 aromatic rings. The molecule has 1 N–H and O–H groups in total. The van der Waals surface area contributed by atoms with Gasteiger partial charge in [-0.1, -0.05) is 60.7 Å². The SMILES string of the molecule is CN1c2ccccc2C(=O)N2CCc3c(n(CCC(=O)NCCc4ccccc4)c4ccccc34)[C@@H]21. The zero-order valence-corrected chi connectivity index (χ0v) is 20.5. The molecule has 0 fully saturated rings. The lowest BCUT2D eigenvalue weighted by atomic mass is 9.96. The summed E-state index contributed by atoms with van der Waals surface area (Å²) < 4.78 is 2.27. The van der Waals surface area contributed by atoms with Gasteiger partial charge in [0.2, 0.25) is 5.91 Å². The highest BCUT2D eigenvalue weighted by molar-refractivity contribution is 6.02. The average Bonchev–Trinajstić information content (AvgIpc) is 3.24. The van der Waals surface area contributed by atoms with Gasteiger partial charge in [-0.2, -0.15) is 0 Å². The van der Waals surface area contributed by atoms with Gasteiger partial charge in [-0.3, -0.25) is 9.59 Å². The Labute approximate surface area is 211 Å². The fourth-order valence-electron chi connectivity index (χ4n) is 5.84. The minimum Gasteiger partial charge on any atom is -0.356 e. The molecular weight excluding hydrogens is 448 g/mol. The number of fused-ring (bicyclic) bond motifs is 6. The van der Waals surface area contributed by atoms with Crippen LogP contribution in [-0.4, -0.2) is 41.4 Å². The summed E-state index contributed by atoms with van der Waals surface area (Å²) in [4.78, 5) is 30.5. The van der Waals surface area contributed by atoms with Gasteiger partial charge < -0.3 is 19.7 Å². The van der Waals surface area contributed by atoms with Crippen LogP contribution in [0.3, 0.4) is 0 Å². The van der Waals surface area contributed by atoms with E-state index in [9.17, 15) is 9.59 Å². The third kappa shape index (κ3) is 3.73. The van der Waals surface area contributed by atoms with Crippen molar-refractivity contribution >= 4 is 28.4 Å². The smallest absolute Gasteiger partial charge is 0.257 e. The first kappa shape index (κ1) is 22.4. The molecule has 2 aliphatic rings. The molecule has 6 rings (SSSR count). The van der Waals surface area contributed by atoms with Crippen LogP contribution in [0.25, 0.3) is 10.9 Å². The summed E-state index contributed by atoms with van der Waals surface area (Å²) in [6, 6.07) is 26.5. The highest BCUT2D eigenvalue weighted by atomic mass is 16.2. The lowest BCUT2D eigenvalue weighted by Crippen LogP contribution is -2.51. The van der Waals surface area contributed by atoms with Gasteiger partial charge >= 0.3 is 0 Å². The molecule has 0 unspecified atom stereocenters. The maximum atomic E-state index is 13.5. The fraction of sp³-hybridized carbons (Fsp3) is 0.267. The van der Waals surface area contributed by atoms with Crippen LogP contribution in [0.1, 0.15) is 39.8 Å². The molecule has 6 nitrogen and oxygen atoms in total. The Morgan fingerprint density at radius 3 is 2.58 bits per heavy atom. The summed E-state index contributed by atoms with van der Waals surface area (Å²) in [5, 5.41) is 4.30. The van der Waals surface area contributed by atoms with Gasteiger partial charge in [-0.15, -0.1) is 0 Å². The number of nitrogens with zero attached hydrogens (tertiary/aromatic N) is 3. The summed E-state index contributed by atoms with van der Waals surface area (Å²) in [6.07, 6.45) is 1.83. The van der Waals surface area contributed by atoms with Crippen LogP contribution in [0, 0.1) is 0 Å². The van der Waals surface area contributed by atoms with Crippen molar-refractivity contribution in [1.29, 1.82) is 0 Å². The Morgan fingerprint density at radius 2 is 1.72 bits per heavy atom. The van der Waals surface area contributed by atoms with Gasteiger partial charge in [0.05, 0.1) is 16.9 Å². The van der Waals surface area contributed by atoms with E-state index in [2.05, 4.69) is 52.2 Å². The second-order valence-electron chi connectivity index (χ2n) is 9.62. The van der Waals surface area contributed by atoms with Crippen molar-refractivity contribution in [3.8, 4) is 0 Å². The molecule has 0 saturated carbocycles. The number of nitrogens with one attached hydrogen (secondary N) is 1. The summed E-state index contributed by atoms with van der Waals surface area (Å²) in [5.41, 5.74) is 6.46. The van der Waals surface area contributed by atoms with Crippen molar-refractivity contribution in [2.75, 3.05) is 25.0 Å². The van der Waals surface area contributed by atoms with Gasteiger partial charge in [0.1, 0.15) is 6.17 Å². The predicted molar refractivity (Wildman–Crippen MR) is 142 cm³/mol. The fourth-order valence-corrected chi connectivity index (χ4v) is 5.84. The molecule has 0 bridgehead atoms. The van der Waals surface area contributed by atoms with Crippen molar-refractivity contribution in [2.45, 2.75) is 32.0 Å². The average molecular weight is 479 g/mol. The highest BCUT2D eigenvalue weighted by Gasteiger charge is 2.42. The quantitative estimate of drug-likeness (QED) is 0.443. The Balaban J connectivity index is 1.29. The zero-order valence-electron chi connectivity index (χ0n) is 20.5. The zero-order chi connectivity index (χ0) is 24.6. The Bertz CT molecular complexity index is 1440. The Kier molecular flexibility index (Phi) is 5.72. The van der Waals surface area contributed by atoms with E-state index in [0.29, 0.717) is 26.1 Å². The van der Waals surface area contributed by atoms with Crippen molar-refractivity contribution in [3.05, 3.63) is 101 Å². The first-order valence-corrected chi connectivity index (χ1v) is 12.7. The van der Waals surface area contributed by atoms with E-state index in [0.717, 1.165) is 35.3 Å². The summed E-state index contributed by atoms with van der Waals surface area (Å²) in [5.74, 6) is 0.123. The summed E-state index contributed by atoms with van der Waals surface area (Å²) in [6.45, 7) is 1.88. The molecule has 0 saturated heterocycles. The molecule has 36 heavy (non-hydrogen) atoms. The van der Waals surface area contributed by atoms with Crippen LogP contribution < -0.4 is 10.2 Å². The van der Waals surface area contributed by atoms with Crippen molar-refractivity contribution in [2.24, 2.45) is 0 Å². The first-order valence-electron chi connectivity index (χ1n) is 12.7. The van der Waals surface area contributed by atoms with Crippen LogP contribution in [-0.2, 0) is 24.2 Å². The molecule has 0 radical (unpaired) electrons. The number of amides is 2. The number of hydrogen-bond acceptors (Lipinski definition) is 3. The largest absolute Gasteiger partial charge is 0.356 e. The minimum atomic E-state index is -0.190. The number of carbonyl (C=O) groups excluding carboxylic acids is 2. The summed E-state index contributed by atoms with van der Waals surface area (Å²) >= 11 is 0. The lowest BCUT2D eigenvalue weighted by molar-refractivity contribution is -0.121. The predicted octanol–water partition coefficient (Wildman–Crippen LogP) is 4.54. The molecule has 3 heterocycles. The van der Waals surface area contributed by atoms with E-state index in [1.54, 1.807) is 0 Å². The number of carbonyl (C=O) groups is 2. The van der Waals surface area contributed by atoms with Gasteiger partial charge in [0.15, 0.2) is 0 Å². The van der Waals surface area contributed by atoms with Crippen molar-refractivity contribution in [1.82, 2.24) is 14.8 Å². The second kappa shape index (κ2) is 9.19. The van der Waals surface area contributed by atoms with Crippen molar-refractivity contribution < 1.29 is 9.59 Å². The number of para-hydroxylation sites is 2. The van der Waals surface area contributed by atoms with Gasteiger partial charge in [0.25, 0.3) is 5.91 Å². The van der Waals surface area contributed by atoms with Crippen molar-refractivity contribution in [3.63, 3.8) is 0 Å². The number of hydrogen-bond donors (Lipinski definition) is 1. The Morgan fingerprint density at radius 1 is 0.972 bits per heavy atom. The normalized spacial score (nSPS) is 16.5. The molecule has 2 amide bonds. The number of benzene rings is 3. The van der Waals surface area contributed by atoms with Gasteiger partial charge in [-0.25, -0.2) is 0 Å². The van der Waals surface area contributed by atoms with Gasteiger partial charge in [-0.05, 0) is 42.2 Å². The van der Waals surface area contributed by atoms with E-state index in [4.69, 9.17) is 0 Å². The van der Waals surface area contributed by atoms with Crippen LogP contribution in [0.5, 0.6) is 0 Å². The standard InChI is InChI=1S/C30H30N4O2/c1-32-25-13-7-6-12-24(25)30(36)34-19-16-23-22-11-5-8-14-26(22)33(28(23)29(32)34)20-17-27(35)31-18-15-21-9-3-2-4-10-21/h2-14,29H,15-20H2,1H3,(H,31,35)/t29-/m1/s1. The van der Waals surface area contributed by atoms with Crippen LogP contribution in [0.4, 0.5) is 5.69 Å². The van der Waals surface area contributed by atoms with Crippen LogP contribution in [0.2, 0.25) is 0 Å². The van der Waals surface area contributed by atoms with E-state index >= 15 is 0 Å². The highest BCUT2D eigenvalue weighted by Crippen LogP contribution is 2.44. The van der Waals surface area contributed by atoms with E-state index in [1.807, 2.05) is 53.4 Å². The number of aryl methyl sites for hydroxylation is 1. The molecule has 0 spiro atoms. The maximum Gasteiger partial charge on any atom is 0.257 e. The molecule has 0 aliphatic carbocycles. The molecule has 6 heteroatoms. The number of anilines is 1. The molecule has 182 valence electrons. The van der Waals surface area contributed by atoms with Crippen LogP contribution >= 0.6 is 0 Å². The summed E-state index contributed by atoms with van der Waals surface area (Å²) in [7, 11) is 2.07. The van der Waals surface area contributed by atoms with E-state index < -0.39 is 0 Å². The van der Waals surface area contributed by atoms with E-state index in [1.165, 1.54) is 16.5 Å². The van der Waals surface area contributed by atoms with E-state index in [-0.39, 0.29) is 18.0 Å². The Hall–Kier alpha value is -4.06. The molecule has 2 aliphatic heterocycles. The molecular formula is C30H30N4O2. The lowest BCUT2D eigenvalue weighted by Gasteiger charge is -2.46. The third-order valence-electron chi connectivity index (χ3n) is 7.55. The third-order valence-corrected chi connectivity index (χ3v) is 7.55. The first-order chi connectivity index (χ1) is 17.6. The molecule has 3 aromatic carbocycles. The minimum absolute atomic E-state index is 0.0450. The number of aromatic nitrogens is 1. The van der Waals surface area contributed by atoms with Crippen LogP contribution in [0.15, 0.2) is 78.9 Å². The second-order valence-corrected chi connectivity index (χ2v) is 9.62.